The topological polar surface area (TPSA) is 153 Å². The van der Waals surface area contributed by atoms with Gasteiger partial charge in [-0.05, 0) is 26.7 Å². The zero-order chi connectivity index (χ0) is 30.6. The summed E-state index contributed by atoms with van der Waals surface area (Å²) in [5.74, 6) is -2.98. The molecule has 42 heavy (non-hydrogen) atoms. The van der Waals surface area contributed by atoms with E-state index in [9.17, 15) is 38.2 Å². The lowest BCUT2D eigenvalue weighted by molar-refractivity contribution is 0.0858. The number of hydrogen-bond acceptors (Lipinski definition) is 10. The molecule has 0 fully saturated rings. The molecule has 0 bridgehead atoms. The highest BCUT2D eigenvalue weighted by molar-refractivity contribution is 6.11. The van der Waals surface area contributed by atoms with Crippen LogP contribution >= 0.6 is 0 Å². The number of carbonyl (C=O) groups excluding carboxylic acids is 2. The summed E-state index contributed by atoms with van der Waals surface area (Å²) in [4.78, 5) is 47.4. The number of rotatable bonds is 2. The van der Waals surface area contributed by atoms with Gasteiger partial charge in [0.25, 0.3) is 0 Å². The first kappa shape index (κ1) is 28.8. The molecule has 2 aromatic heterocycles. The summed E-state index contributed by atoms with van der Waals surface area (Å²) in [6.45, 7) is 6.74. The third-order valence-corrected chi connectivity index (χ3v) is 7.21. The number of phenols is 2. The van der Waals surface area contributed by atoms with Crippen LogP contribution in [0.25, 0.3) is 21.9 Å². The first-order chi connectivity index (χ1) is 19.9. The molecular formula is C30H26F2O10. The minimum absolute atomic E-state index is 0.0106. The molecule has 2 aliphatic heterocycles. The van der Waals surface area contributed by atoms with E-state index >= 15 is 0 Å². The molecule has 2 aliphatic rings. The van der Waals surface area contributed by atoms with Gasteiger partial charge < -0.3 is 28.5 Å². The molecule has 0 aliphatic carbocycles. The van der Waals surface area contributed by atoms with Crippen LogP contribution in [-0.4, -0.2) is 34.0 Å². The van der Waals surface area contributed by atoms with Crippen LogP contribution in [0.15, 0.2) is 30.6 Å². The summed E-state index contributed by atoms with van der Waals surface area (Å²) >= 11 is 0. The molecule has 220 valence electrons. The van der Waals surface area contributed by atoms with Crippen molar-refractivity contribution in [1.29, 1.82) is 0 Å². The summed E-state index contributed by atoms with van der Waals surface area (Å²) in [6, 6.07) is 2.63. The number of hydrogen-bond donors (Lipinski definition) is 2. The second kappa shape index (κ2) is 10.6. The Bertz CT molecular complexity index is 1900. The van der Waals surface area contributed by atoms with Gasteiger partial charge in [-0.2, -0.15) is 8.78 Å². The highest BCUT2D eigenvalue weighted by Gasteiger charge is 2.32. The number of ether oxygens (including phenoxy) is 2. The van der Waals surface area contributed by atoms with Crippen LogP contribution in [0.4, 0.5) is 8.78 Å². The molecule has 0 spiro atoms. The predicted molar refractivity (Wildman–Crippen MR) is 145 cm³/mol. The molecule has 0 saturated carbocycles. The molecule has 0 saturated heterocycles. The molecule has 0 amide bonds. The maximum atomic E-state index is 13.9. The van der Waals surface area contributed by atoms with E-state index in [1.54, 1.807) is 27.7 Å². The Morgan fingerprint density at radius 2 is 1.26 bits per heavy atom. The molecule has 12 heteroatoms. The van der Waals surface area contributed by atoms with Crippen molar-refractivity contribution in [3.05, 3.63) is 66.9 Å². The minimum Gasteiger partial charge on any atom is -0.507 e. The Hall–Kier alpha value is -4.74. The fourth-order valence-corrected chi connectivity index (χ4v) is 5.38. The molecule has 2 N–H and O–H groups in total. The number of ketones is 2. The Morgan fingerprint density at radius 3 is 1.83 bits per heavy atom. The SMILES string of the molecule is CCc1c(F)c(=O)oc2c3c(cc(O)c12)OC(C)CC3=O.CCc1c(F)c(=O)oc2cc3c(c(O)c12)C(=O)CC(C)O3. The van der Waals surface area contributed by atoms with Crippen LogP contribution in [0.3, 0.4) is 0 Å². The average Bonchev–Trinajstić information content (AvgIpc) is 2.90. The highest BCUT2D eigenvalue weighted by Crippen LogP contribution is 2.42. The summed E-state index contributed by atoms with van der Waals surface area (Å²) < 4.78 is 48.5. The third kappa shape index (κ3) is 4.56. The van der Waals surface area contributed by atoms with Crippen LogP contribution in [-0.2, 0) is 12.8 Å². The number of Topliss-reactive ketones (excluding diaryl/α,β-unsaturated/α-hetero) is 2. The fourth-order valence-electron chi connectivity index (χ4n) is 5.38. The van der Waals surface area contributed by atoms with E-state index < -0.39 is 22.9 Å². The summed E-state index contributed by atoms with van der Waals surface area (Å²) in [5.41, 5.74) is -2.17. The summed E-state index contributed by atoms with van der Waals surface area (Å²) in [7, 11) is 0. The van der Waals surface area contributed by atoms with Crippen LogP contribution in [0.5, 0.6) is 23.0 Å². The smallest absolute Gasteiger partial charge is 0.372 e. The molecule has 6 rings (SSSR count). The number of phenolic OH excluding ortho intramolecular Hbond substituents is 2. The second-order valence-corrected chi connectivity index (χ2v) is 10.1. The number of aryl methyl sites for hydroxylation is 2. The standard InChI is InChI=1S/2C15H13FO5/c1-3-7-11-9(21-15(19)13(7)16)5-10-12(14(11)18)8(17)4-6(2)20-10;1-3-7-11-9(18)5-10-12(8(17)4-6(2)20-10)14(11)21-15(19)13(7)16/h2*5-6,18H,3-4H2,1-2H3. The fraction of sp³-hybridized carbons (Fsp3) is 0.333. The third-order valence-electron chi connectivity index (χ3n) is 7.21. The lowest BCUT2D eigenvalue weighted by atomic mass is 9.96. The van der Waals surface area contributed by atoms with E-state index in [-0.39, 0.29) is 117 Å². The van der Waals surface area contributed by atoms with E-state index in [1.807, 2.05) is 0 Å². The van der Waals surface area contributed by atoms with E-state index in [2.05, 4.69) is 0 Å². The van der Waals surface area contributed by atoms with Crippen LogP contribution < -0.4 is 20.7 Å². The van der Waals surface area contributed by atoms with Crippen LogP contribution in [0.2, 0.25) is 0 Å². The van der Waals surface area contributed by atoms with Crippen molar-refractivity contribution >= 4 is 33.5 Å². The zero-order valence-corrected chi connectivity index (χ0v) is 23.1. The monoisotopic (exact) mass is 584 g/mol. The molecular weight excluding hydrogens is 558 g/mol. The van der Waals surface area contributed by atoms with E-state index in [1.165, 1.54) is 12.1 Å². The largest absolute Gasteiger partial charge is 0.507 e. The van der Waals surface area contributed by atoms with Crippen molar-refractivity contribution in [2.45, 2.75) is 65.6 Å². The molecule has 2 atom stereocenters. The highest BCUT2D eigenvalue weighted by atomic mass is 19.1. The first-order valence-corrected chi connectivity index (χ1v) is 13.3. The average molecular weight is 585 g/mol. The maximum Gasteiger partial charge on any atom is 0.372 e. The van der Waals surface area contributed by atoms with Gasteiger partial charge in [0, 0.05) is 36.1 Å². The number of benzene rings is 2. The number of carbonyl (C=O) groups is 2. The predicted octanol–water partition coefficient (Wildman–Crippen LogP) is 5.11. The van der Waals surface area contributed by atoms with Crippen molar-refractivity contribution in [2.75, 3.05) is 0 Å². The Kier molecular flexibility index (Phi) is 7.25. The molecule has 0 radical (unpaired) electrons. The Labute approximate surface area is 236 Å². The van der Waals surface area contributed by atoms with Gasteiger partial charge in [-0.1, -0.05) is 13.8 Å². The minimum atomic E-state index is -1.15. The first-order valence-electron chi connectivity index (χ1n) is 13.3. The van der Waals surface area contributed by atoms with Gasteiger partial charge in [-0.3, -0.25) is 9.59 Å². The summed E-state index contributed by atoms with van der Waals surface area (Å²) in [6.07, 6.45) is -0.0287. The zero-order valence-electron chi connectivity index (χ0n) is 23.1. The van der Waals surface area contributed by atoms with Crippen molar-refractivity contribution < 1.29 is 46.9 Å². The lowest BCUT2D eigenvalue weighted by Crippen LogP contribution is -2.24. The Balaban J connectivity index is 0.000000168. The lowest BCUT2D eigenvalue weighted by Gasteiger charge is -2.23. The van der Waals surface area contributed by atoms with Crippen molar-refractivity contribution in [3.8, 4) is 23.0 Å². The van der Waals surface area contributed by atoms with E-state index in [4.69, 9.17) is 18.3 Å². The number of fused-ring (bicyclic) bond motifs is 5. The normalized spacial score (nSPS) is 17.7. The van der Waals surface area contributed by atoms with Gasteiger partial charge in [-0.15, -0.1) is 0 Å². The van der Waals surface area contributed by atoms with E-state index in [0.717, 1.165) is 0 Å². The maximum absolute atomic E-state index is 13.9. The van der Waals surface area contributed by atoms with Crippen LogP contribution in [0.1, 0.15) is 72.4 Å². The van der Waals surface area contributed by atoms with Gasteiger partial charge in [0.15, 0.2) is 17.1 Å². The van der Waals surface area contributed by atoms with Gasteiger partial charge in [0.1, 0.15) is 51.9 Å². The van der Waals surface area contributed by atoms with Gasteiger partial charge in [0.2, 0.25) is 11.6 Å². The van der Waals surface area contributed by atoms with Gasteiger partial charge in [0.05, 0.1) is 10.8 Å². The molecule has 4 heterocycles. The second-order valence-electron chi connectivity index (χ2n) is 10.1. The quantitative estimate of drug-likeness (QED) is 0.304. The van der Waals surface area contributed by atoms with Gasteiger partial charge >= 0.3 is 11.3 Å². The van der Waals surface area contributed by atoms with E-state index in [0.29, 0.717) is 0 Å². The number of halogens is 2. The Morgan fingerprint density at radius 1 is 0.762 bits per heavy atom. The van der Waals surface area contributed by atoms with Gasteiger partial charge in [-0.25, -0.2) is 9.59 Å². The molecule has 2 unspecified atom stereocenters. The molecule has 2 aromatic carbocycles. The van der Waals surface area contributed by atoms with Crippen LogP contribution in [0, 0.1) is 11.6 Å². The van der Waals surface area contributed by atoms with Crippen molar-refractivity contribution in [3.63, 3.8) is 0 Å². The summed E-state index contributed by atoms with van der Waals surface area (Å²) in [5, 5.41) is 20.6. The molecule has 10 nitrogen and oxygen atoms in total. The molecule has 4 aromatic rings. The number of aromatic hydroxyl groups is 2. The van der Waals surface area contributed by atoms with Crippen molar-refractivity contribution in [1.82, 2.24) is 0 Å². The van der Waals surface area contributed by atoms with Crippen molar-refractivity contribution in [2.24, 2.45) is 0 Å².